The number of hydrogen-bond donors (Lipinski definition) is 1. The minimum Gasteiger partial charge on any atom is -0.382 e. The third-order valence-electron chi connectivity index (χ3n) is 3.58. The highest BCUT2D eigenvalue weighted by molar-refractivity contribution is 5.82. The molecule has 0 aliphatic rings. The van der Waals surface area contributed by atoms with Crippen molar-refractivity contribution in [3.05, 3.63) is 77.4 Å². The molecule has 2 aromatic carbocycles. The molecule has 0 amide bonds. The molecule has 3 rings (SSSR count). The number of nitriles is 2. The molecule has 0 atom stereocenters. The van der Waals surface area contributed by atoms with E-state index in [0.717, 1.165) is 11.1 Å². The van der Waals surface area contributed by atoms with E-state index in [9.17, 15) is 10.5 Å². The highest BCUT2D eigenvalue weighted by Gasteiger charge is 2.22. The van der Waals surface area contributed by atoms with E-state index in [1.807, 2.05) is 66.7 Å². The number of nitrogens with two attached hydrogens (primary N) is 1. The minimum absolute atomic E-state index is 0.140. The van der Waals surface area contributed by atoms with E-state index in [-0.39, 0.29) is 16.9 Å². The van der Waals surface area contributed by atoms with E-state index in [0.29, 0.717) is 5.69 Å². The quantitative estimate of drug-likeness (QED) is 0.752. The summed E-state index contributed by atoms with van der Waals surface area (Å²) in [6.45, 7) is 0. The van der Waals surface area contributed by atoms with E-state index in [1.54, 1.807) is 6.21 Å². The van der Waals surface area contributed by atoms with Gasteiger partial charge in [0.2, 0.25) is 0 Å². The second kappa shape index (κ2) is 6.51. The van der Waals surface area contributed by atoms with Crippen molar-refractivity contribution in [3.8, 4) is 23.4 Å². The lowest BCUT2D eigenvalue weighted by molar-refractivity contribution is 0.914. The maximum Gasteiger partial charge on any atom is 0.145 e. The fraction of sp³-hybridized carbons (Fsp3) is 0. The lowest BCUT2D eigenvalue weighted by Gasteiger charge is -2.05. The first-order valence-corrected chi connectivity index (χ1v) is 7.25. The van der Waals surface area contributed by atoms with Gasteiger partial charge in [-0.15, -0.1) is 0 Å². The first-order chi connectivity index (χ1) is 11.8. The van der Waals surface area contributed by atoms with Gasteiger partial charge >= 0.3 is 0 Å². The number of aromatic nitrogens is 1. The molecule has 0 aliphatic heterocycles. The summed E-state index contributed by atoms with van der Waals surface area (Å²) in [5, 5.41) is 23.2. The van der Waals surface area contributed by atoms with Gasteiger partial charge in [-0.1, -0.05) is 60.7 Å². The Morgan fingerprint density at radius 1 is 0.875 bits per heavy atom. The van der Waals surface area contributed by atoms with Crippen LogP contribution in [0.4, 0.5) is 5.82 Å². The van der Waals surface area contributed by atoms with Crippen LogP contribution in [0.5, 0.6) is 0 Å². The summed E-state index contributed by atoms with van der Waals surface area (Å²) in [5.74, 6) is 0.153. The van der Waals surface area contributed by atoms with Gasteiger partial charge in [0.1, 0.15) is 23.5 Å². The van der Waals surface area contributed by atoms with Crippen LogP contribution in [0.25, 0.3) is 11.3 Å². The summed E-state index contributed by atoms with van der Waals surface area (Å²) in [7, 11) is 0. The van der Waals surface area contributed by atoms with Gasteiger partial charge in [-0.25, -0.2) is 4.68 Å². The van der Waals surface area contributed by atoms with Crippen molar-refractivity contribution in [2.75, 3.05) is 5.73 Å². The number of anilines is 1. The van der Waals surface area contributed by atoms with Gasteiger partial charge in [-0.3, -0.25) is 0 Å². The molecule has 0 saturated heterocycles. The molecule has 0 bridgehead atoms. The normalized spacial score (nSPS) is 10.4. The Labute approximate surface area is 139 Å². The van der Waals surface area contributed by atoms with Crippen molar-refractivity contribution in [2.24, 2.45) is 5.10 Å². The Hall–Kier alpha value is -3.83. The molecular formula is C19H13N5. The lowest BCUT2D eigenvalue weighted by atomic mass is 10.1. The lowest BCUT2D eigenvalue weighted by Crippen LogP contribution is -2.00. The fourth-order valence-corrected chi connectivity index (χ4v) is 2.45. The minimum atomic E-state index is 0.140. The first-order valence-electron chi connectivity index (χ1n) is 7.25. The number of nitrogen functional groups attached to an aromatic ring is 1. The summed E-state index contributed by atoms with van der Waals surface area (Å²) in [5.41, 5.74) is 8.61. The second-order valence-corrected chi connectivity index (χ2v) is 5.04. The molecule has 0 spiro atoms. The van der Waals surface area contributed by atoms with Crippen LogP contribution < -0.4 is 5.73 Å². The van der Waals surface area contributed by atoms with Crippen LogP contribution in [0.2, 0.25) is 0 Å². The molecule has 24 heavy (non-hydrogen) atoms. The molecule has 0 fully saturated rings. The van der Waals surface area contributed by atoms with Crippen molar-refractivity contribution >= 4 is 12.0 Å². The molecule has 114 valence electrons. The van der Waals surface area contributed by atoms with E-state index in [2.05, 4.69) is 11.2 Å². The summed E-state index contributed by atoms with van der Waals surface area (Å²) in [6, 6.07) is 22.9. The van der Waals surface area contributed by atoms with Crippen LogP contribution in [0.3, 0.4) is 0 Å². The smallest absolute Gasteiger partial charge is 0.145 e. The van der Waals surface area contributed by atoms with Crippen molar-refractivity contribution in [1.82, 2.24) is 4.68 Å². The molecule has 5 heteroatoms. The van der Waals surface area contributed by atoms with Gasteiger partial charge < -0.3 is 5.73 Å². The zero-order valence-corrected chi connectivity index (χ0v) is 12.7. The first kappa shape index (κ1) is 15.1. The Balaban J connectivity index is 2.22. The van der Waals surface area contributed by atoms with E-state index in [1.165, 1.54) is 4.68 Å². The molecule has 1 heterocycles. The standard InChI is InChI=1S/C19H13N5/c20-11-16-17(12-21)19(22)24(18(16)15-9-5-2-6-10-15)23-13-14-7-3-1-4-8-14/h1-10,13H,22H2/b23-13+. The molecule has 0 radical (unpaired) electrons. The fourth-order valence-electron chi connectivity index (χ4n) is 2.45. The van der Waals surface area contributed by atoms with Gasteiger partial charge in [-0.2, -0.15) is 15.6 Å². The third-order valence-corrected chi connectivity index (χ3v) is 3.58. The highest BCUT2D eigenvalue weighted by Crippen LogP contribution is 2.32. The highest BCUT2D eigenvalue weighted by atomic mass is 15.4. The van der Waals surface area contributed by atoms with Crippen LogP contribution in [0.1, 0.15) is 16.7 Å². The van der Waals surface area contributed by atoms with E-state index >= 15 is 0 Å². The van der Waals surface area contributed by atoms with Crippen LogP contribution in [0, 0.1) is 22.7 Å². The molecule has 3 aromatic rings. The molecule has 2 N–H and O–H groups in total. The number of benzene rings is 2. The maximum absolute atomic E-state index is 9.49. The summed E-state index contributed by atoms with van der Waals surface area (Å²) >= 11 is 0. The van der Waals surface area contributed by atoms with E-state index in [4.69, 9.17) is 5.73 Å². The average Bonchev–Trinajstić information content (AvgIpc) is 2.92. The largest absolute Gasteiger partial charge is 0.382 e. The molecule has 0 unspecified atom stereocenters. The number of hydrogen-bond acceptors (Lipinski definition) is 4. The molecule has 1 aromatic heterocycles. The summed E-state index contributed by atoms with van der Waals surface area (Å²) < 4.78 is 1.44. The molecule has 0 saturated carbocycles. The molecular weight excluding hydrogens is 298 g/mol. The monoisotopic (exact) mass is 311 g/mol. The number of nitrogens with zero attached hydrogens (tertiary/aromatic N) is 4. The predicted octanol–water partition coefficient (Wildman–Crippen LogP) is 3.36. The van der Waals surface area contributed by atoms with Gasteiger partial charge in [-0.05, 0) is 5.56 Å². The molecule has 5 nitrogen and oxygen atoms in total. The second-order valence-electron chi connectivity index (χ2n) is 5.04. The summed E-state index contributed by atoms with van der Waals surface area (Å²) in [6.07, 6.45) is 1.64. The Bertz CT molecular complexity index is 971. The van der Waals surface area contributed by atoms with Gasteiger partial charge in [0, 0.05) is 5.56 Å². The molecule has 0 aliphatic carbocycles. The topological polar surface area (TPSA) is 90.9 Å². The van der Waals surface area contributed by atoms with Crippen LogP contribution in [0.15, 0.2) is 65.8 Å². The third kappa shape index (κ3) is 2.63. The van der Waals surface area contributed by atoms with Gasteiger partial charge in [0.05, 0.1) is 17.5 Å². The van der Waals surface area contributed by atoms with Gasteiger partial charge in [0.25, 0.3) is 0 Å². The summed E-state index contributed by atoms with van der Waals surface area (Å²) in [4.78, 5) is 0. The van der Waals surface area contributed by atoms with Gasteiger partial charge in [0.15, 0.2) is 0 Å². The van der Waals surface area contributed by atoms with Crippen LogP contribution >= 0.6 is 0 Å². The van der Waals surface area contributed by atoms with Crippen LogP contribution in [-0.2, 0) is 0 Å². The number of rotatable bonds is 3. The van der Waals surface area contributed by atoms with Crippen molar-refractivity contribution in [2.45, 2.75) is 0 Å². The van der Waals surface area contributed by atoms with Crippen LogP contribution in [-0.4, -0.2) is 10.9 Å². The predicted molar refractivity (Wildman–Crippen MR) is 93.1 cm³/mol. The van der Waals surface area contributed by atoms with Crippen molar-refractivity contribution in [1.29, 1.82) is 10.5 Å². The maximum atomic E-state index is 9.49. The van der Waals surface area contributed by atoms with Crippen molar-refractivity contribution < 1.29 is 0 Å². The van der Waals surface area contributed by atoms with E-state index < -0.39 is 0 Å². The Kier molecular flexibility index (Phi) is 4.09. The zero-order valence-electron chi connectivity index (χ0n) is 12.7. The Morgan fingerprint density at radius 3 is 2.04 bits per heavy atom. The SMILES string of the molecule is N#Cc1c(C#N)c(-c2ccccc2)n(/N=C/c2ccccc2)c1N. The zero-order chi connectivity index (χ0) is 16.9. The van der Waals surface area contributed by atoms with Crippen molar-refractivity contribution in [3.63, 3.8) is 0 Å². The average molecular weight is 311 g/mol. The Morgan fingerprint density at radius 2 is 1.46 bits per heavy atom.